The van der Waals surface area contributed by atoms with Crippen molar-refractivity contribution in [2.45, 2.75) is 27.2 Å². The molecular weight excluding hydrogens is 276 g/mol. The van der Waals surface area contributed by atoms with Crippen molar-refractivity contribution < 1.29 is 14.7 Å². The van der Waals surface area contributed by atoms with Crippen molar-refractivity contribution in [1.29, 1.82) is 0 Å². The standard InChI is InChI=1S/C14H24N2O3S/c1-5-7-20-8-6-15-13(19)16-10-11(12(17)18)9-14(2,3)4/h1,11H,6-10H2,2-4H3,(H,17,18)(H2,15,16,19). The molecule has 2 amide bonds. The Morgan fingerprint density at radius 1 is 1.35 bits per heavy atom. The maximum atomic E-state index is 11.5. The number of nitrogens with one attached hydrogen (secondary N) is 2. The van der Waals surface area contributed by atoms with Crippen LogP contribution in [0.15, 0.2) is 0 Å². The SMILES string of the molecule is C#CCSCCNC(=O)NCC(CC(C)(C)C)C(=O)O. The Labute approximate surface area is 125 Å². The van der Waals surface area contributed by atoms with E-state index in [4.69, 9.17) is 11.5 Å². The predicted molar refractivity (Wildman–Crippen MR) is 82.8 cm³/mol. The number of carboxylic acids is 1. The zero-order valence-electron chi connectivity index (χ0n) is 12.4. The van der Waals surface area contributed by atoms with Gasteiger partial charge in [-0.05, 0) is 11.8 Å². The van der Waals surface area contributed by atoms with Gasteiger partial charge in [-0.25, -0.2) is 4.79 Å². The number of thioether (sulfide) groups is 1. The first-order valence-corrected chi connectivity index (χ1v) is 7.67. The Bertz CT molecular complexity index is 358. The Balaban J connectivity index is 3.95. The first kappa shape index (κ1) is 18.7. The minimum atomic E-state index is -0.884. The minimum absolute atomic E-state index is 0.0902. The summed E-state index contributed by atoms with van der Waals surface area (Å²) < 4.78 is 0. The fourth-order valence-electron chi connectivity index (χ4n) is 1.63. The third-order valence-corrected chi connectivity index (χ3v) is 3.30. The van der Waals surface area contributed by atoms with Crippen LogP contribution >= 0.6 is 11.8 Å². The fourth-order valence-corrected chi connectivity index (χ4v) is 2.14. The van der Waals surface area contributed by atoms with Crippen molar-refractivity contribution in [2.24, 2.45) is 11.3 Å². The topological polar surface area (TPSA) is 78.4 Å². The Morgan fingerprint density at radius 2 is 2.00 bits per heavy atom. The highest BCUT2D eigenvalue weighted by atomic mass is 32.2. The van der Waals surface area contributed by atoms with Gasteiger partial charge in [0.15, 0.2) is 0 Å². The van der Waals surface area contributed by atoms with Crippen LogP contribution in [0, 0.1) is 23.7 Å². The van der Waals surface area contributed by atoms with Gasteiger partial charge in [-0.1, -0.05) is 26.7 Å². The number of amides is 2. The second-order valence-corrected chi connectivity index (χ2v) is 6.80. The van der Waals surface area contributed by atoms with Gasteiger partial charge in [0.1, 0.15) is 0 Å². The van der Waals surface area contributed by atoms with Crippen molar-refractivity contribution in [2.75, 3.05) is 24.6 Å². The summed E-state index contributed by atoms with van der Waals surface area (Å²) in [5.41, 5.74) is -0.0902. The van der Waals surface area contributed by atoms with E-state index in [1.807, 2.05) is 20.8 Å². The number of urea groups is 1. The predicted octanol–water partition coefficient (Wildman–Crippen LogP) is 1.79. The second kappa shape index (κ2) is 9.54. The van der Waals surface area contributed by atoms with Crippen molar-refractivity contribution in [3.05, 3.63) is 0 Å². The van der Waals surface area contributed by atoms with E-state index in [1.165, 1.54) is 0 Å². The van der Waals surface area contributed by atoms with Gasteiger partial charge in [-0.2, -0.15) is 0 Å². The quantitative estimate of drug-likeness (QED) is 0.472. The lowest BCUT2D eigenvalue weighted by Crippen LogP contribution is -2.41. The number of carbonyl (C=O) groups is 2. The van der Waals surface area contributed by atoms with E-state index in [1.54, 1.807) is 11.8 Å². The summed E-state index contributed by atoms with van der Waals surface area (Å²) in [6.07, 6.45) is 5.62. The summed E-state index contributed by atoms with van der Waals surface area (Å²) in [5, 5.41) is 14.4. The Hall–Kier alpha value is -1.35. The molecule has 3 N–H and O–H groups in total. The van der Waals surface area contributed by atoms with Crippen LogP contribution in [0.2, 0.25) is 0 Å². The van der Waals surface area contributed by atoms with E-state index in [2.05, 4.69) is 16.6 Å². The second-order valence-electron chi connectivity index (χ2n) is 5.69. The normalized spacial score (nSPS) is 12.3. The average Bonchev–Trinajstić information content (AvgIpc) is 2.32. The molecule has 0 rings (SSSR count). The lowest BCUT2D eigenvalue weighted by molar-refractivity contribution is -0.142. The molecule has 0 aliphatic rings. The third kappa shape index (κ3) is 10.6. The van der Waals surface area contributed by atoms with E-state index >= 15 is 0 Å². The maximum absolute atomic E-state index is 11.5. The number of terminal acetylenes is 1. The molecule has 1 unspecified atom stereocenters. The molecule has 0 aliphatic carbocycles. The van der Waals surface area contributed by atoms with E-state index in [9.17, 15) is 9.59 Å². The molecule has 20 heavy (non-hydrogen) atoms. The summed E-state index contributed by atoms with van der Waals surface area (Å²) in [4.78, 5) is 22.6. The summed E-state index contributed by atoms with van der Waals surface area (Å²) in [6.45, 7) is 6.58. The number of carbonyl (C=O) groups excluding carboxylic acids is 1. The van der Waals surface area contributed by atoms with Gasteiger partial charge in [0.05, 0.1) is 11.7 Å². The molecule has 0 aromatic rings. The summed E-state index contributed by atoms with van der Waals surface area (Å²) in [7, 11) is 0. The molecule has 0 saturated heterocycles. The molecular formula is C14H24N2O3S. The summed E-state index contributed by atoms with van der Waals surface area (Å²) in [5.74, 6) is 2.40. The van der Waals surface area contributed by atoms with Crippen molar-refractivity contribution in [3.63, 3.8) is 0 Å². The molecule has 6 heteroatoms. The lowest BCUT2D eigenvalue weighted by atomic mass is 9.84. The van der Waals surface area contributed by atoms with E-state index < -0.39 is 11.9 Å². The average molecular weight is 300 g/mol. The molecule has 0 aromatic heterocycles. The molecule has 0 saturated carbocycles. The number of hydrogen-bond acceptors (Lipinski definition) is 3. The minimum Gasteiger partial charge on any atom is -0.481 e. The first-order chi connectivity index (χ1) is 9.26. The van der Waals surface area contributed by atoms with Crippen molar-refractivity contribution in [1.82, 2.24) is 10.6 Å². The molecule has 5 nitrogen and oxygen atoms in total. The van der Waals surface area contributed by atoms with Gasteiger partial charge >= 0.3 is 12.0 Å². The molecule has 0 fully saturated rings. The monoisotopic (exact) mass is 300 g/mol. The van der Waals surface area contributed by atoms with Crippen LogP contribution < -0.4 is 10.6 Å². The van der Waals surface area contributed by atoms with Gasteiger partial charge < -0.3 is 15.7 Å². The first-order valence-electron chi connectivity index (χ1n) is 6.52. The molecule has 0 heterocycles. The molecule has 1 atom stereocenters. The summed E-state index contributed by atoms with van der Waals surface area (Å²) in [6, 6.07) is -0.341. The molecule has 114 valence electrons. The van der Waals surface area contributed by atoms with Gasteiger partial charge in [0.25, 0.3) is 0 Å². The number of rotatable bonds is 8. The molecule has 0 spiro atoms. The third-order valence-electron chi connectivity index (χ3n) is 2.43. The van der Waals surface area contributed by atoms with Gasteiger partial charge in [-0.3, -0.25) is 4.79 Å². The maximum Gasteiger partial charge on any atom is 0.314 e. The highest BCUT2D eigenvalue weighted by Gasteiger charge is 2.24. The Kier molecular flexibility index (Phi) is 8.89. The lowest BCUT2D eigenvalue weighted by Gasteiger charge is -2.23. The Morgan fingerprint density at radius 3 is 2.50 bits per heavy atom. The molecule has 0 bridgehead atoms. The number of hydrogen-bond donors (Lipinski definition) is 3. The van der Waals surface area contributed by atoms with Crippen molar-refractivity contribution in [3.8, 4) is 12.3 Å². The fraction of sp³-hybridized carbons (Fsp3) is 0.714. The van der Waals surface area contributed by atoms with E-state index in [0.29, 0.717) is 18.7 Å². The van der Waals surface area contributed by atoms with Crippen LogP contribution in [0.3, 0.4) is 0 Å². The van der Waals surface area contributed by atoms with E-state index in [-0.39, 0.29) is 18.0 Å². The highest BCUT2D eigenvalue weighted by molar-refractivity contribution is 7.99. The molecule has 0 aliphatic heterocycles. The zero-order chi connectivity index (χ0) is 15.6. The largest absolute Gasteiger partial charge is 0.481 e. The van der Waals surface area contributed by atoms with E-state index in [0.717, 1.165) is 5.75 Å². The highest BCUT2D eigenvalue weighted by Crippen LogP contribution is 2.24. The number of carboxylic acid groups (broad SMARTS) is 1. The van der Waals surface area contributed by atoms with Gasteiger partial charge in [0.2, 0.25) is 0 Å². The van der Waals surface area contributed by atoms with Crippen LogP contribution in [0.1, 0.15) is 27.2 Å². The van der Waals surface area contributed by atoms with Crippen LogP contribution in [0.5, 0.6) is 0 Å². The van der Waals surface area contributed by atoms with Crippen LogP contribution in [-0.4, -0.2) is 41.7 Å². The van der Waals surface area contributed by atoms with Gasteiger partial charge in [0, 0.05) is 18.8 Å². The number of aliphatic carboxylic acids is 1. The zero-order valence-corrected chi connectivity index (χ0v) is 13.2. The smallest absolute Gasteiger partial charge is 0.314 e. The van der Waals surface area contributed by atoms with Gasteiger partial charge in [-0.15, -0.1) is 18.2 Å². The summed E-state index contributed by atoms with van der Waals surface area (Å²) >= 11 is 1.56. The van der Waals surface area contributed by atoms with Crippen molar-refractivity contribution >= 4 is 23.8 Å². The van der Waals surface area contributed by atoms with Crippen LogP contribution in [-0.2, 0) is 4.79 Å². The van der Waals surface area contributed by atoms with Crippen LogP contribution in [0.25, 0.3) is 0 Å². The van der Waals surface area contributed by atoms with Crippen LogP contribution in [0.4, 0.5) is 4.79 Å². The molecule has 0 aromatic carbocycles. The molecule has 0 radical (unpaired) electrons.